The SMILES string of the molecule is CC(=O)O[C@@H](C)[C@@H](C)CCC=C(C)C. The summed E-state index contributed by atoms with van der Waals surface area (Å²) in [4.78, 5) is 10.7. The molecule has 0 N–H and O–H groups in total. The van der Waals surface area contributed by atoms with Gasteiger partial charge in [-0.25, -0.2) is 0 Å². The number of allylic oxidation sites excluding steroid dienone is 2. The van der Waals surface area contributed by atoms with Crippen molar-refractivity contribution < 1.29 is 9.53 Å². The molecule has 0 spiro atoms. The van der Waals surface area contributed by atoms with Crippen LogP contribution in [0.2, 0.25) is 0 Å². The number of rotatable bonds is 5. The molecular weight excluding hydrogens is 176 g/mol. The normalized spacial score (nSPS) is 14.4. The van der Waals surface area contributed by atoms with E-state index in [-0.39, 0.29) is 12.1 Å². The zero-order valence-electron chi connectivity index (χ0n) is 9.96. The molecule has 2 heteroatoms. The molecule has 0 radical (unpaired) electrons. The zero-order valence-corrected chi connectivity index (χ0v) is 9.96. The van der Waals surface area contributed by atoms with Crippen LogP contribution in [-0.4, -0.2) is 12.1 Å². The summed E-state index contributed by atoms with van der Waals surface area (Å²) in [6, 6.07) is 0. The van der Waals surface area contributed by atoms with E-state index in [2.05, 4.69) is 26.8 Å². The summed E-state index contributed by atoms with van der Waals surface area (Å²) >= 11 is 0. The maximum atomic E-state index is 10.7. The molecule has 0 aromatic rings. The summed E-state index contributed by atoms with van der Waals surface area (Å²) in [5, 5.41) is 0. The Hall–Kier alpha value is -0.790. The Morgan fingerprint density at radius 1 is 1.29 bits per heavy atom. The molecule has 2 nitrogen and oxygen atoms in total. The van der Waals surface area contributed by atoms with Crippen LogP contribution in [0.5, 0.6) is 0 Å². The second kappa shape index (κ2) is 6.63. The highest BCUT2D eigenvalue weighted by molar-refractivity contribution is 5.66. The maximum absolute atomic E-state index is 10.7. The minimum atomic E-state index is -0.188. The fourth-order valence-electron chi connectivity index (χ4n) is 1.25. The van der Waals surface area contributed by atoms with Gasteiger partial charge in [-0.15, -0.1) is 0 Å². The van der Waals surface area contributed by atoms with Gasteiger partial charge in [-0.1, -0.05) is 18.6 Å². The van der Waals surface area contributed by atoms with Gasteiger partial charge in [0.05, 0.1) is 0 Å². The Bertz CT molecular complexity index is 202. The van der Waals surface area contributed by atoms with Crippen LogP contribution < -0.4 is 0 Å². The molecule has 2 atom stereocenters. The van der Waals surface area contributed by atoms with Gasteiger partial charge in [0.15, 0.2) is 0 Å². The van der Waals surface area contributed by atoms with Crippen molar-refractivity contribution in [3.8, 4) is 0 Å². The van der Waals surface area contributed by atoms with Gasteiger partial charge in [0.1, 0.15) is 6.10 Å². The lowest BCUT2D eigenvalue weighted by atomic mass is 9.99. The van der Waals surface area contributed by atoms with Gasteiger partial charge in [-0.2, -0.15) is 0 Å². The van der Waals surface area contributed by atoms with Gasteiger partial charge in [0, 0.05) is 6.92 Å². The Labute approximate surface area is 87.3 Å². The number of carbonyl (C=O) groups is 1. The molecule has 0 amide bonds. The van der Waals surface area contributed by atoms with E-state index < -0.39 is 0 Å². The number of esters is 1. The highest BCUT2D eigenvalue weighted by atomic mass is 16.5. The standard InChI is InChI=1S/C12H22O2/c1-9(2)7-6-8-10(3)11(4)14-12(5)13/h7,10-11H,6,8H2,1-5H3/t10-,11-/m0/s1. The van der Waals surface area contributed by atoms with Gasteiger partial charge in [-0.3, -0.25) is 4.79 Å². The van der Waals surface area contributed by atoms with Crippen LogP contribution in [0.15, 0.2) is 11.6 Å². The lowest BCUT2D eigenvalue weighted by molar-refractivity contribution is -0.147. The second-order valence-electron chi connectivity index (χ2n) is 4.15. The number of hydrogen-bond acceptors (Lipinski definition) is 2. The Morgan fingerprint density at radius 3 is 2.29 bits per heavy atom. The minimum absolute atomic E-state index is 0.0260. The van der Waals surface area contributed by atoms with Crippen LogP contribution in [0, 0.1) is 5.92 Å². The van der Waals surface area contributed by atoms with E-state index in [4.69, 9.17) is 4.74 Å². The van der Waals surface area contributed by atoms with E-state index in [0.29, 0.717) is 5.92 Å². The first-order chi connectivity index (χ1) is 6.43. The van der Waals surface area contributed by atoms with Crippen LogP contribution in [-0.2, 0) is 9.53 Å². The van der Waals surface area contributed by atoms with E-state index in [9.17, 15) is 4.79 Å². The highest BCUT2D eigenvalue weighted by Gasteiger charge is 2.13. The topological polar surface area (TPSA) is 26.3 Å². The van der Waals surface area contributed by atoms with Crippen LogP contribution in [0.25, 0.3) is 0 Å². The van der Waals surface area contributed by atoms with E-state index in [0.717, 1.165) is 12.8 Å². The molecule has 0 heterocycles. The molecule has 0 aliphatic heterocycles. The smallest absolute Gasteiger partial charge is 0.302 e. The van der Waals surface area contributed by atoms with Gasteiger partial charge in [-0.05, 0) is 39.5 Å². The molecule has 0 rings (SSSR count). The number of ether oxygens (including phenoxy) is 1. The molecule has 0 aliphatic rings. The van der Waals surface area contributed by atoms with Crippen molar-refractivity contribution >= 4 is 5.97 Å². The van der Waals surface area contributed by atoms with Crippen LogP contribution in [0.4, 0.5) is 0 Å². The quantitative estimate of drug-likeness (QED) is 0.500. The van der Waals surface area contributed by atoms with E-state index in [1.807, 2.05) is 6.92 Å². The van der Waals surface area contributed by atoms with Crippen LogP contribution in [0.1, 0.15) is 47.5 Å². The fraction of sp³-hybridized carbons (Fsp3) is 0.750. The number of carbonyl (C=O) groups excluding carboxylic acids is 1. The monoisotopic (exact) mass is 198 g/mol. The molecule has 0 aliphatic carbocycles. The highest BCUT2D eigenvalue weighted by Crippen LogP contribution is 2.14. The minimum Gasteiger partial charge on any atom is -0.463 e. The Balaban J connectivity index is 3.78. The second-order valence-corrected chi connectivity index (χ2v) is 4.15. The molecule has 0 aromatic carbocycles. The van der Waals surface area contributed by atoms with Crippen molar-refractivity contribution in [3.05, 3.63) is 11.6 Å². The summed E-state index contributed by atoms with van der Waals surface area (Å²) in [5.41, 5.74) is 1.34. The summed E-state index contributed by atoms with van der Waals surface area (Å²) in [6.45, 7) is 9.72. The summed E-state index contributed by atoms with van der Waals surface area (Å²) in [6.07, 6.45) is 4.38. The van der Waals surface area contributed by atoms with Gasteiger partial charge in [0.2, 0.25) is 0 Å². The molecule has 0 bridgehead atoms. The average Bonchev–Trinajstić information content (AvgIpc) is 2.01. The summed E-state index contributed by atoms with van der Waals surface area (Å²) in [5.74, 6) is 0.237. The predicted molar refractivity (Wildman–Crippen MR) is 59.1 cm³/mol. The lowest BCUT2D eigenvalue weighted by Gasteiger charge is -2.18. The molecule has 0 saturated carbocycles. The van der Waals surface area contributed by atoms with E-state index in [1.54, 1.807) is 0 Å². The molecule has 14 heavy (non-hydrogen) atoms. The summed E-state index contributed by atoms with van der Waals surface area (Å²) < 4.78 is 5.11. The van der Waals surface area contributed by atoms with Crippen molar-refractivity contribution in [2.24, 2.45) is 5.92 Å². The van der Waals surface area contributed by atoms with Crippen LogP contribution >= 0.6 is 0 Å². The Morgan fingerprint density at radius 2 is 1.86 bits per heavy atom. The van der Waals surface area contributed by atoms with Crippen LogP contribution in [0.3, 0.4) is 0 Å². The lowest BCUT2D eigenvalue weighted by Crippen LogP contribution is -2.20. The van der Waals surface area contributed by atoms with Crippen molar-refractivity contribution in [2.45, 2.75) is 53.6 Å². The first-order valence-electron chi connectivity index (χ1n) is 5.24. The predicted octanol–water partition coefficient (Wildman–Crippen LogP) is 3.32. The van der Waals surface area contributed by atoms with Crippen molar-refractivity contribution in [3.63, 3.8) is 0 Å². The van der Waals surface area contributed by atoms with E-state index in [1.165, 1.54) is 12.5 Å². The molecule has 0 aromatic heterocycles. The molecule has 82 valence electrons. The third kappa shape index (κ3) is 6.70. The third-order valence-electron chi connectivity index (χ3n) is 2.33. The Kier molecular flexibility index (Phi) is 6.26. The first-order valence-corrected chi connectivity index (χ1v) is 5.24. The largest absolute Gasteiger partial charge is 0.463 e. The van der Waals surface area contributed by atoms with E-state index >= 15 is 0 Å². The number of hydrogen-bond donors (Lipinski definition) is 0. The summed E-state index contributed by atoms with van der Waals surface area (Å²) in [7, 11) is 0. The molecular formula is C12H22O2. The molecule has 0 unspecified atom stereocenters. The fourth-order valence-corrected chi connectivity index (χ4v) is 1.25. The van der Waals surface area contributed by atoms with Crippen molar-refractivity contribution in [1.82, 2.24) is 0 Å². The van der Waals surface area contributed by atoms with Crippen molar-refractivity contribution in [1.29, 1.82) is 0 Å². The van der Waals surface area contributed by atoms with Gasteiger partial charge in [0.25, 0.3) is 0 Å². The third-order valence-corrected chi connectivity index (χ3v) is 2.33. The van der Waals surface area contributed by atoms with Crippen molar-refractivity contribution in [2.75, 3.05) is 0 Å². The maximum Gasteiger partial charge on any atom is 0.302 e. The van der Waals surface area contributed by atoms with Gasteiger partial charge < -0.3 is 4.74 Å². The molecule has 0 saturated heterocycles. The first kappa shape index (κ1) is 13.2. The molecule has 0 fully saturated rings. The van der Waals surface area contributed by atoms with Gasteiger partial charge >= 0.3 is 5.97 Å². The zero-order chi connectivity index (χ0) is 11.1. The average molecular weight is 198 g/mol.